The summed E-state index contributed by atoms with van der Waals surface area (Å²) < 4.78 is 17.7. The maximum atomic E-state index is 6.07. The van der Waals surface area contributed by atoms with Gasteiger partial charge in [-0.1, -0.05) is 0 Å². The molecule has 3 aliphatic heterocycles. The Hall–Kier alpha value is -2.03. The molecule has 7 nitrogen and oxygen atoms in total. The summed E-state index contributed by atoms with van der Waals surface area (Å²) in [7, 11) is 2.00. The van der Waals surface area contributed by atoms with Crippen LogP contribution in [0.1, 0.15) is 51.9 Å². The van der Waals surface area contributed by atoms with E-state index >= 15 is 0 Å². The monoisotopic (exact) mass is 484 g/mol. The van der Waals surface area contributed by atoms with Crippen molar-refractivity contribution in [3.8, 4) is 5.75 Å². The summed E-state index contributed by atoms with van der Waals surface area (Å²) in [6.07, 6.45) is 7.47. The van der Waals surface area contributed by atoms with Gasteiger partial charge in [-0.2, -0.15) is 0 Å². The molecule has 0 spiro atoms. The molecule has 4 aliphatic rings. The van der Waals surface area contributed by atoms with Gasteiger partial charge in [0, 0.05) is 38.4 Å². The van der Waals surface area contributed by atoms with Crippen LogP contribution in [0, 0.1) is 0 Å². The Morgan fingerprint density at radius 1 is 1.03 bits per heavy atom. The second kappa shape index (κ2) is 10.7. The molecule has 0 amide bonds. The lowest BCUT2D eigenvalue weighted by Crippen LogP contribution is -2.50. The van der Waals surface area contributed by atoms with Crippen molar-refractivity contribution in [3.63, 3.8) is 0 Å². The lowest BCUT2D eigenvalue weighted by Gasteiger charge is -2.37. The molecule has 184 valence electrons. The Bertz CT molecular complexity index is 922. The van der Waals surface area contributed by atoms with Crippen molar-refractivity contribution in [2.24, 2.45) is 9.98 Å². The second-order valence-corrected chi connectivity index (χ2v) is 10.00. The molecule has 2 saturated heterocycles. The normalized spacial score (nSPS) is 30.8. The number of rotatable bonds is 6. The molecule has 8 heteroatoms. The van der Waals surface area contributed by atoms with E-state index in [0.717, 1.165) is 80.4 Å². The maximum Gasteiger partial charge on any atom is 0.173 e. The molecule has 3 fully saturated rings. The van der Waals surface area contributed by atoms with E-state index in [1.165, 1.54) is 5.71 Å². The number of hydrogen-bond donors (Lipinski definition) is 1. The van der Waals surface area contributed by atoms with Crippen LogP contribution in [-0.4, -0.2) is 73.7 Å². The second-order valence-electron chi connectivity index (χ2n) is 9.61. The van der Waals surface area contributed by atoms with Crippen LogP contribution in [0.2, 0.25) is 0 Å². The quantitative estimate of drug-likeness (QED) is 0.617. The van der Waals surface area contributed by atoms with E-state index in [2.05, 4.69) is 5.32 Å². The predicted molar refractivity (Wildman–Crippen MR) is 140 cm³/mol. The summed E-state index contributed by atoms with van der Waals surface area (Å²) in [5.41, 5.74) is 3.33. The molecule has 34 heavy (non-hydrogen) atoms. The van der Waals surface area contributed by atoms with Crippen LogP contribution in [0.4, 0.5) is 5.69 Å². The molecular formula is C26H36N4O3S. The molecule has 1 aromatic carbocycles. The van der Waals surface area contributed by atoms with Crippen molar-refractivity contribution in [2.45, 2.75) is 82.2 Å². The zero-order valence-corrected chi connectivity index (χ0v) is 21.1. The molecule has 1 saturated carbocycles. The maximum absolute atomic E-state index is 6.07. The van der Waals surface area contributed by atoms with E-state index in [-0.39, 0.29) is 30.3 Å². The highest BCUT2D eigenvalue weighted by atomic mass is 32.1. The van der Waals surface area contributed by atoms with Crippen LogP contribution in [0.25, 0.3) is 0 Å². The molecule has 0 radical (unpaired) electrons. The Balaban J connectivity index is 1.24. The Labute approximate surface area is 208 Å². The molecule has 3 heterocycles. The van der Waals surface area contributed by atoms with E-state index in [1.807, 2.05) is 43.1 Å². The topological polar surface area (TPSA) is 67.7 Å². The van der Waals surface area contributed by atoms with Gasteiger partial charge in [0.25, 0.3) is 0 Å². The first-order valence-corrected chi connectivity index (χ1v) is 13.2. The lowest BCUT2D eigenvalue weighted by molar-refractivity contribution is 0.0387. The third-order valence-corrected chi connectivity index (χ3v) is 7.71. The first-order chi connectivity index (χ1) is 16.6. The van der Waals surface area contributed by atoms with Gasteiger partial charge in [-0.3, -0.25) is 9.98 Å². The predicted octanol–water partition coefficient (Wildman–Crippen LogP) is 3.94. The number of nitrogens with zero attached hydrogens (tertiary/aromatic N) is 3. The van der Waals surface area contributed by atoms with Crippen LogP contribution in [0.5, 0.6) is 5.75 Å². The van der Waals surface area contributed by atoms with Gasteiger partial charge in [0.15, 0.2) is 5.11 Å². The zero-order chi connectivity index (χ0) is 23.5. The highest BCUT2D eigenvalue weighted by molar-refractivity contribution is 7.80. The van der Waals surface area contributed by atoms with Gasteiger partial charge in [0.2, 0.25) is 0 Å². The first-order valence-electron chi connectivity index (χ1n) is 12.8. The number of ether oxygens (including phenoxy) is 3. The minimum Gasteiger partial charge on any atom is -0.494 e. The average Bonchev–Trinajstić information content (AvgIpc) is 3.58. The summed E-state index contributed by atoms with van der Waals surface area (Å²) in [5.74, 6) is 0.870. The van der Waals surface area contributed by atoms with Gasteiger partial charge < -0.3 is 24.4 Å². The lowest BCUT2D eigenvalue weighted by atomic mass is 9.86. The van der Waals surface area contributed by atoms with Gasteiger partial charge >= 0.3 is 0 Å². The van der Waals surface area contributed by atoms with Gasteiger partial charge in [-0.15, -0.1) is 0 Å². The molecule has 1 N–H and O–H groups in total. The SMILES string of the molecule is CCOc1ccc(N(C)C(=S)NC2CCC3=NC(C4CCCO4)C(C4CCCO4)N=C3C2)cc1. The van der Waals surface area contributed by atoms with E-state index in [0.29, 0.717) is 6.61 Å². The number of aliphatic imine (C=N–C) groups is 2. The van der Waals surface area contributed by atoms with Crippen LogP contribution in [0.15, 0.2) is 34.3 Å². The van der Waals surface area contributed by atoms with E-state index in [4.69, 9.17) is 36.4 Å². The molecule has 1 aliphatic carbocycles. The van der Waals surface area contributed by atoms with Crippen LogP contribution in [-0.2, 0) is 9.47 Å². The molecular weight excluding hydrogens is 448 g/mol. The van der Waals surface area contributed by atoms with Crippen molar-refractivity contribution >= 4 is 34.4 Å². The van der Waals surface area contributed by atoms with Gasteiger partial charge in [-0.25, -0.2) is 0 Å². The van der Waals surface area contributed by atoms with E-state index < -0.39 is 0 Å². The number of fused-ring (bicyclic) bond motifs is 1. The number of anilines is 1. The fraction of sp³-hybridized carbons (Fsp3) is 0.654. The standard InChI is InChI=1S/C26H36N4O3S/c1-3-31-19-11-9-18(10-12-19)30(2)26(34)27-17-8-13-20-21(16-17)29-25(23-7-5-15-33-23)24(28-20)22-6-4-14-32-22/h9-12,17,22-25H,3-8,13-16H2,1-2H3,(H,27,34). The summed E-state index contributed by atoms with van der Waals surface area (Å²) in [5, 5.41) is 4.30. The summed E-state index contributed by atoms with van der Waals surface area (Å²) in [4.78, 5) is 12.5. The van der Waals surface area contributed by atoms with Crippen molar-refractivity contribution in [1.29, 1.82) is 0 Å². The Morgan fingerprint density at radius 2 is 1.68 bits per heavy atom. The highest BCUT2D eigenvalue weighted by Crippen LogP contribution is 2.33. The van der Waals surface area contributed by atoms with Crippen LogP contribution < -0.4 is 15.0 Å². The van der Waals surface area contributed by atoms with Crippen molar-refractivity contribution < 1.29 is 14.2 Å². The summed E-state index contributed by atoms with van der Waals surface area (Å²) in [6, 6.07) is 8.45. The van der Waals surface area contributed by atoms with Crippen molar-refractivity contribution in [1.82, 2.24) is 5.32 Å². The molecule has 0 aromatic heterocycles. The fourth-order valence-electron chi connectivity index (χ4n) is 5.48. The number of hydrogen-bond acceptors (Lipinski definition) is 6. The summed E-state index contributed by atoms with van der Waals surface area (Å²) >= 11 is 5.75. The first kappa shape index (κ1) is 23.7. The molecule has 1 aromatic rings. The smallest absolute Gasteiger partial charge is 0.173 e. The van der Waals surface area contributed by atoms with Crippen molar-refractivity contribution in [3.05, 3.63) is 24.3 Å². The molecule has 5 atom stereocenters. The zero-order valence-electron chi connectivity index (χ0n) is 20.2. The third-order valence-electron chi connectivity index (χ3n) is 7.32. The fourth-order valence-corrected chi connectivity index (χ4v) is 5.75. The number of benzene rings is 1. The van der Waals surface area contributed by atoms with Crippen LogP contribution in [0.3, 0.4) is 0 Å². The van der Waals surface area contributed by atoms with Crippen LogP contribution >= 0.6 is 12.2 Å². The summed E-state index contributed by atoms with van der Waals surface area (Å²) in [6.45, 7) is 4.32. The number of thiocarbonyl (C=S) groups is 1. The number of nitrogens with one attached hydrogen (secondary N) is 1. The van der Waals surface area contributed by atoms with E-state index in [1.54, 1.807) is 0 Å². The van der Waals surface area contributed by atoms with Gasteiger partial charge in [-0.05, 0) is 81.9 Å². The minimum absolute atomic E-state index is 0.0709. The van der Waals surface area contributed by atoms with Gasteiger partial charge in [0.05, 0.1) is 30.2 Å². The average molecular weight is 485 g/mol. The molecule has 5 rings (SSSR count). The Kier molecular flexibility index (Phi) is 7.46. The molecule has 5 unspecified atom stereocenters. The van der Waals surface area contributed by atoms with E-state index in [9.17, 15) is 0 Å². The van der Waals surface area contributed by atoms with Crippen molar-refractivity contribution in [2.75, 3.05) is 31.8 Å². The Morgan fingerprint density at radius 3 is 2.26 bits per heavy atom. The largest absolute Gasteiger partial charge is 0.494 e. The highest BCUT2D eigenvalue weighted by Gasteiger charge is 2.42. The molecule has 0 bridgehead atoms. The third kappa shape index (κ3) is 5.14. The van der Waals surface area contributed by atoms with Gasteiger partial charge in [0.1, 0.15) is 17.8 Å². The minimum atomic E-state index is 0.0709.